The molecule has 0 fully saturated rings. The molecule has 13 heavy (non-hydrogen) atoms. The van der Waals surface area contributed by atoms with E-state index in [-0.39, 0.29) is 0 Å². The van der Waals surface area contributed by atoms with E-state index in [0.29, 0.717) is 0 Å². The zero-order chi connectivity index (χ0) is 9.78. The first-order valence-corrected chi connectivity index (χ1v) is 5.77. The van der Waals surface area contributed by atoms with E-state index < -0.39 is 0 Å². The zero-order valence-electron chi connectivity index (χ0n) is 9.36. The molecule has 0 atom stereocenters. The summed E-state index contributed by atoms with van der Waals surface area (Å²) < 4.78 is 0. The Morgan fingerprint density at radius 2 is 1.38 bits per heavy atom. The summed E-state index contributed by atoms with van der Waals surface area (Å²) in [5.74, 6) is 0. The third-order valence-electron chi connectivity index (χ3n) is 2.24. The quantitative estimate of drug-likeness (QED) is 0.511. The summed E-state index contributed by atoms with van der Waals surface area (Å²) in [6, 6.07) is 0. The molecule has 0 aromatic carbocycles. The second kappa shape index (κ2) is 11.9. The summed E-state index contributed by atoms with van der Waals surface area (Å²) in [6.07, 6.45) is 8.05. The van der Waals surface area contributed by atoms with Crippen molar-refractivity contribution in [2.24, 2.45) is 0 Å². The highest BCUT2D eigenvalue weighted by molar-refractivity contribution is 4.50. The highest BCUT2D eigenvalue weighted by atomic mass is 14.8. The maximum atomic E-state index is 3.48. The molecular formula is C11H26N2. The average molecular weight is 186 g/mol. The van der Waals surface area contributed by atoms with Crippen molar-refractivity contribution in [3.8, 4) is 0 Å². The summed E-state index contributed by atoms with van der Waals surface area (Å²) in [4.78, 5) is 0. The van der Waals surface area contributed by atoms with Gasteiger partial charge in [0.25, 0.3) is 0 Å². The van der Waals surface area contributed by atoms with Crippen LogP contribution in [-0.2, 0) is 0 Å². The molecule has 0 unspecified atom stereocenters. The Bertz CT molecular complexity index is 74.2. The van der Waals surface area contributed by atoms with Gasteiger partial charge in [-0.25, -0.2) is 0 Å². The molecule has 80 valence electrons. The summed E-state index contributed by atoms with van der Waals surface area (Å²) in [5, 5.41) is 6.63. The maximum absolute atomic E-state index is 3.48. The van der Waals surface area contributed by atoms with Crippen LogP contribution in [0.3, 0.4) is 0 Å². The Kier molecular flexibility index (Phi) is 11.8. The van der Waals surface area contributed by atoms with E-state index in [9.17, 15) is 0 Å². The lowest BCUT2D eigenvalue weighted by atomic mass is 10.2. The monoisotopic (exact) mass is 186 g/mol. The van der Waals surface area contributed by atoms with Crippen LogP contribution in [0.5, 0.6) is 0 Å². The van der Waals surface area contributed by atoms with Crippen molar-refractivity contribution in [3.05, 3.63) is 0 Å². The maximum Gasteiger partial charge on any atom is -0.00484 e. The molecule has 0 heterocycles. The largest absolute Gasteiger partial charge is 0.320 e. The van der Waals surface area contributed by atoms with Crippen molar-refractivity contribution in [2.45, 2.75) is 45.4 Å². The van der Waals surface area contributed by atoms with Gasteiger partial charge in [-0.3, -0.25) is 0 Å². The van der Waals surface area contributed by atoms with E-state index in [0.717, 1.165) is 6.54 Å². The van der Waals surface area contributed by atoms with Crippen LogP contribution < -0.4 is 10.6 Å². The topological polar surface area (TPSA) is 24.1 Å². The Hall–Kier alpha value is -0.0800. The molecule has 0 amide bonds. The Morgan fingerprint density at radius 3 is 2.00 bits per heavy atom. The fraction of sp³-hybridized carbons (Fsp3) is 1.00. The highest BCUT2D eigenvalue weighted by Crippen LogP contribution is 1.96. The van der Waals surface area contributed by atoms with E-state index in [1.165, 1.54) is 51.6 Å². The van der Waals surface area contributed by atoms with E-state index in [2.05, 4.69) is 17.6 Å². The van der Waals surface area contributed by atoms with Gasteiger partial charge in [-0.15, -0.1) is 0 Å². The van der Waals surface area contributed by atoms with Crippen molar-refractivity contribution in [2.75, 3.05) is 26.7 Å². The summed E-state index contributed by atoms with van der Waals surface area (Å²) in [6.45, 7) is 5.80. The first-order chi connectivity index (χ1) is 6.41. The van der Waals surface area contributed by atoms with Crippen molar-refractivity contribution >= 4 is 0 Å². The molecule has 2 nitrogen and oxygen atoms in total. The molecule has 0 aromatic heterocycles. The lowest BCUT2D eigenvalue weighted by Crippen LogP contribution is -2.18. The Labute approximate surface area is 83.5 Å². The van der Waals surface area contributed by atoms with E-state index in [1.54, 1.807) is 0 Å². The van der Waals surface area contributed by atoms with Crippen LogP contribution in [0.25, 0.3) is 0 Å². The van der Waals surface area contributed by atoms with Crippen LogP contribution in [-0.4, -0.2) is 26.7 Å². The lowest BCUT2D eigenvalue weighted by molar-refractivity contribution is 0.568. The first-order valence-electron chi connectivity index (χ1n) is 5.77. The molecular weight excluding hydrogens is 160 g/mol. The van der Waals surface area contributed by atoms with Gasteiger partial charge in [-0.1, -0.05) is 26.2 Å². The fourth-order valence-electron chi connectivity index (χ4n) is 1.35. The molecule has 0 bridgehead atoms. The highest BCUT2D eigenvalue weighted by Gasteiger charge is 1.89. The molecule has 0 aliphatic rings. The number of nitrogens with one attached hydrogen (secondary N) is 2. The smallest absolute Gasteiger partial charge is 0.00484 e. The van der Waals surface area contributed by atoms with Crippen LogP contribution >= 0.6 is 0 Å². The van der Waals surface area contributed by atoms with Crippen molar-refractivity contribution in [1.29, 1.82) is 0 Å². The van der Waals surface area contributed by atoms with Crippen LogP contribution in [0.15, 0.2) is 0 Å². The third kappa shape index (κ3) is 11.9. The number of hydrogen-bond acceptors (Lipinski definition) is 2. The van der Waals surface area contributed by atoms with Gasteiger partial charge in [0.1, 0.15) is 0 Å². The van der Waals surface area contributed by atoms with Crippen molar-refractivity contribution in [3.63, 3.8) is 0 Å². The van der Waals surface area contributed by atoms with Crippen LogP contribution in [0.4, 0.5) is 0 Å². The third-order valence-corrected chi connectivity index (χ3v) is 2.24. The Morgan fingerprint density at radius 1 is 0.769 bits per heavy atom. The zero-order valence-corrected chi connectivity index (χ0v) is 9.36. The molecule has 0 radical (unpaired) electrons. The molecule has 2 heteroatoms. The van der Waals surface area contributed by atoms with Gasteiger partial charge in [0.15, 0.2) is 0 Å². The first kappa shape index (κ1) is 12.9. The minimum atomic E-state index is 1.15. The average Bonchev–Trinajstić information content (AvgIpc) is 2.16. The predicted molar refractivity (Wildman–Crippen MR) is 60.2 cm³/mol. The van der Waals surface area contributed by atoms with Crippen molar-refractivity contribution in [1.82, 2.24) is 10.6 Å². The van der Waals surface area contributed by atoms with E-state index >= 15 is 0 Å². The minimum Gasteiger partial charge on any atom is -0.320 e. The molecule has 2 N–H and O–H groups in total. The SMILES string of the molecule is CCCCCCNCCCCNC. The number of rotatable bonds is 10. The van der Waals surface area contributed by atoms with Crippen LogP contribution in [0, 0.1) is 0 Å². The number of unbranched alkanes of at least 4 members (excludes halogenated alkanes) is 4. The van der Waals surface area contributed by atoms with E-state index in [4.69, 9.17) is 0 Å². The summed E-state index contributed by atoms with van der Waals surface area (Å²) in [7, 11) is 2.01. The number of hydrogen-bond donors (Lipinski definition) is 2. The standard InChI is InChI=1S/C11H26N2/c1-3-4-5-6-10-13-11-8-7-9-12-2/h12-13H,3-11H2,1-2H3. The molecule has 0 aromatic rings. The minimum absolute atomic E-state index is 1.15. The normalized spacial score (nSPS) is 10.6. The van der Waals surface area contributed by atoms with Gasteiger partial charge in [-0.05, 0) is 45.9 Å². The second-order valence-electron chi connectivity index (χ2n) is 3.62. The second-order valence-corrected chi connectivity index (χ2v) is 3.62. The van der Waals surface area contributed by atoms with Gasteiger partial charge >= 0.3 is 0 Å². The van der Waals surface area contributed by atoms with Crippen LogP contribution in [0.2, 0.25) is 0 Å². The lowest BCUT2D eigenvalue weighted by Gasteiger charge is -2.03. The Balaban J connectivity index is 2.76. The summed E-state index contributed by atoms with van der Waals surface area (Å²) >= 11 is 0. The van der Waals surface area contributed by atoms with Crippen LogP contribution in [0.1, 0.15) is 45.4 Å². The van der Waals surface area contributed by atoms with Gasteiger partial charge in [-0.2, -0.15) is 0 Å². The molecule has 0 saturated carbocycles. The van der Waals surface area contributed by atoms with E-state index in [1.807, 2.05) is 7.05 Å². The predicted octanol–water partition coefficient (Wildman–Crippen LogP) is 2.16. The van der Waals surface area contributed by atoms with Gasteiger partial charge in [0.05, 0.1) is 0 Å². The van der Waals surface area contributed by atoms with Gasteiger partial charge in [0, 0.05) is 0 Å². The van der Waals surface area contributed by atoms with Gasteiger partial charge < -0.3 is 10.6 Å². The molecule has 0 spiro atoms. The molecule has 0 aliphatic carbocycles. The van der Waals surface area contributed by atoms with Crippen molar-refractivity contribution < 1.29 is 0 Å². The molecule has 0 aliphatic heterocycles. The molecule has 0 saturated heterocycles. The fourth-order valence-corrected chi connectivity index (χ4v) is 1.35. The summed E-state index contributed by atoms with van der Waals surface area (Å²) in [5.41, 5.74) is 0. The van der Waals surface area contributed by atoms with Gasteiger partial charge in [0.2, 0.25) is 0 Å². The molecule has 0 rings (SSSR count).